The van der Waals surface area contributed by atoms with Crippen molar-refractivity contribution in [1.82, 2.24) is 10.8 Å². The lowest BCUT2D eigenvalue weighted by molar-refractivity contribution is -0.242. The lowest BCUT2D eigenvalue weighted by Crippen LogP contribution is -2.55. The topological polar surface area (TPSA) is 157 Å². The Morgan fingerprint density at radius 2 is 1.59 bits per heavy atom. The highest BCUT2D eigenvalue weighted by Crippen LogP contribution is 2.35. The van der Waals surface area contributed by atoms with Crippen LogP contribution in [-0.2, 0) is 49.5 Å². The Labute approximate surface area is 240 Å². The molecular formula is C28H42N2O11. The van der Waals surface area contributed by atoms with Crippen LogP contribution in [-0.4, -0.2) is 88.8 Å². The molecule has 0 aliphatic carbocycles. The van der Waals surface area contributed by atoms with Gasteiger partial charge in [0.25, 0.3) is 5.91 Å². The third-order valence-corrected chi connectivity index (χ3v) is 6.43. The van der Waals surface area contributed by atoms with Gasteiger partial charge in [-0.2, -0.15) is 0 Å². The van der Waals surface area contributed by atoms with Crippen LogP contribution in [0, 0.1) is 11.8 Å². The molecule has 0 bridgehead atoms. The molecule has 1 amide bonds. The Kier molecular flexibility index (Phi) is 14.7. The van der Waals surface area contributed by atoms with Crippen LogP contribution < -0.4 is 15.5 Å². The van der Waals surface area contributed by atoms with Crippen molar-refractivity contribution in [2.75, 3.05) is 46.6 Å². The predicted molar refractivity (Wildman–Crippen MR) is 145 cm³/mol. The minimum absolute atomic E-state index is 0.0463. The van der Waals surface area contributed by atoms with Crippen LogP contribution in [0.2, 0.25) is 0 Å². The Balaban J connectivity index is 2.14. The van der Waals surface area contributed by atoms with E-state index in [-0.39, 0.29) is 48.7 Å². The van der Waals surface area contributed by atoms with Crippen molar-refractivity contribution in [3.05, 3.63) is 29.3 Å². The monoisotopic (exact) mass is 582 g/mol. The van der Waals surface area contributed by atoms with E-state index in [0.29, 0.717) is 32.0 Å². The molecule has 1 fully saturated rings. The van der Waals surface area contributed by atoms with Gasteiger partial charge in [-0.25, -0.2) is 5.48 Å². The summed E-state index contributed by atoms with van der Waals surface area (Å²) in [5, 5.41) is 2.77. The fraction of sp³-hybridized carbons (Fsp3) is 0.643. The molecule has 13 heteroatoms. The van der Waals surface area contributed by atoms with Gasteiger partial charge < -0.3 is 33.7 Å². The molecule has 0 aromatic heterocycles. The average molecular weight is 583 g/mol. The fourth-order valence-corrected chi connectivity index (χ4v) is 4.20. The molecule has 1 aliphatic rings. The number of Topliss-reactive ketones (excluding diaryl/α,β-unsaturated/α-hetero) is 1. The van der Waals surface area contributed by atoms with E-state index in [4.69, 9.17) is 33.3 Å². The molecule has 1 aromatic carbocycles. The van der Waals surface area contributed by atoms with Gasteiger partial charge in [0.1, 0.15) is 18.5 Å². The number of benzene rings is 1. The zero-order valence-corrected chi connectivity index (χ0v) is 24.6. The van der Waals surface area contributed by atoms with Gasteiger partial charge in [-0.15, -0.1) is 0 Å². The van der Waals surface area contributed by atoms with E-state index in [2.05, 4.69) is 10.8 Å². The van der Waals surface area contributed by atoms with Crippen molar-refractivity contribution in [2.24, 2.45) is 11.8 Å². The van der Waals surface area contributed by atoms with Gasteiger partial charge in [-0.3, -0.25) is 24.0 Å². The first kappa shape index (κ1) is 34.1. The molecule has 1 aromatic rings. The molecule has 0 saturated carbocycles. The Morgan fingerprint density at radius 1 is 0.902 bits per heavy atom. The maximum absolute atomic E-state index is 13.2. The highest BCUT2D eigenvalue weighted by Gasteiger charge is 2.46. The SMILES string of the molecule is CNOCCOCCOCCNC(=O)c1cc(COC(C)=O)ccc1O[C@@H]1O[C@H](C(C)=O)[C@@H](C)[C@H](C)[C@H]1OC(C)=O. The normalized spacial score (nSPS) is 22.0. The minimum Gasteiger partial charge on any atom is -0.461 e. The summed E-state index contributed by atoms with van der Waals surface area (Å²) in [5.74, 6) is -2.03. The van der Waals surface area contributed by atoms with Crippen LogP contribution in [0.15, 0.2) is 18.2 Å². The Bertz CT molecular complexity index is 1020. The molecule has 0 radical (unpaired) electrons. The summed E-state index contributed by atoms with van der Waals surface area (Å²) in [4.78, 5) is 53.6. The number of rotatable bonds is 17. The van der Waals surface area contributed by atoms with Gasteiger partial charge in [0.05, 0.1) is 38.6 Å². The second-order valence-electron chi connectivity index (χ2n) is 9.59. The van der Waals surface area contributed by atoms with Crippen LogP contribution in [0.5, 0.6) is 5.75 Å². The quantitative estimate of drug-likeness (QED) is 0.155. The lowest BCUT2D eigenvalue weighted by atomic mass is 9.82. The van der Waals surface area contributed by atoms with Crippen molar-refractivity contribution in [3.8, 4) is 5.75 Å². The van der Waals surface area contributed by atoms with Crippen molar-refractivity contribution in [1.29, 1.82) is 0 Å². The van der Waals surface area contributed by atoms with Crippen LogP contribution in [0.25, 0.3) is 0 Å². The molecule has 2 rings (SSSR count). The summed E-state index contributed by atoms with van der Waals surface area (Å²) in [5.41, 5.74) is 3.24. The van der Waals surface area contributed by atoms with E-state index in [1.165, 1.54) is 26.8 Å². The summed E-state index contributed by atoms with van der Waals surface area (Å²) in [6.45, 7) is 9.62. The van der Waals surface area contributed by atoms with Crippen LogP contribution >= 0.6 is 0 Å². The van der Waals surface area contributed by atoms with Crippen molar-refractivity contribution in [3.63, 3.8) is 0 Å². The van der Waals surface area contributed by atoms with Gasteiger partial charge in [-0.1, -0.05) is 19.9 Å². The largest absolute Gasteiger partial charge is 0.461 e. The second kappa shape index (κ2) is 17.7. The standard InChI is InChI=1S/C28H42N2O11/c1-17-18(2)26(39-21(5)33)28(41-25(17)19(3)31)40-24-8-7-22(16-37-20(4)32)15-23(24)27(34)30-9-10-35-11-12-36-13-14-38-29-6/h7-8,15,17-18,25-26,28-29H,9-14,16H2,1-6H3,(H,30,34)/t17-,18-,25-,26+,28+/m0/s1. The van der Waals surface area contributed by atoms with E-state index in [0.717, 1.165) is 0 Å². The molecule has 5 atom stereocenters. The van der Waals surface area contributed by atoms with Gasteiger partial charge in [0, 0.05) is 33.4 Å². The smallest absolute Gasteiger partial charge is 0.303 e. The van der Waals surface area contributed by atoms with E-state index in [1.54, 1.807) is 19.2 Å². The number of ether oxygens (including phenoxy) is 6. The van der Waals surface area contributed by atoms with Crippen molar-refractivity contribution < 1.29 is 52.4 Å². The molecule has 230 valence electrons. The number of hydroxylamine groups is 1. The summed E-state index contributed by atoms with van der Waals surface area (Å²) >= 11 is 0. The van der Waals surface area contributed by atoms with Gasteiger partial charge >= 0.3 is 11.9 Å². The van der Waals surface area contributed by atoms with Crippen molar-refractivity contribution in [2.45, 2.75) is 59.7 Å². The second-order valence-corrected chi connectivity index (χ2v) is 9.59. The number of ketones is 1. The number of amides is 1. The van der Waals surface area contributed by atoms with Crippen LogP contribution in [0.1, 0.15) is 50.5 Å². The first-order valence-corrected chi connectivity index (χ1v) is 13.5. The minimum atomic E-state index is -1.15. The van der Waals surface area contributed by atoms with Crippen molar-refractivity contribution >= 4 is 23.6 Å². The zero-order valence-electron chi connectivity index (χ0n) is 24.6. The third kappa shape index (κ3) is 11.4. The lowest BCUT2D eigenvalue weighted by Gasteiger charge is -2.42. The highest BCUT2D eigenvalue weighted by molar-refractivity contribution is 5.97. The predicted octanol–water partition coefficient (Wildman–Crippen LogP) is 1.56. The van der Waals surface area contributed by atoms with Gasteiger partial charge in [0.15, 0.2) is 11.9 Å². The van der Waals surface area contributed by atoms with E-state index >= 15 is 0 Å². The summed E-state index contributed by atoms with van der Waals surface area (Å²) in [6.07, 6.45) is -2.75. The number of carbonyl (C=O) groups is 4. The fourth-order valence-electron chi connectivity index (χ4n) is 4.20. The molecule has 2 N–H and O–H groups in total. The summed E-state index contributed by atoms with van der Waals surface area (Å²) in [6, 6.07) is 4.71. The molecule has 1 saturated heterocycles. The zero-order chi connectivity index (χ0) is 30.4. The number of hydrogen-bond donors (Lipinski definition) is 2. The van der Waals surface area contributed by atoms with Gasteiger partial charge in [-0.05, 0) is 30.5 Å². The molecule has 0 unspecified atom stereocenters. The Hall–Kier alpha value is -3.10. The van der Waals surface area contributed by atoms with Gasteiger partial charge in [0.2, 0.25) is 6.29 Å². The number of carbonyl (C=O) groups excluding carboxylic acids is 4. The number of esters is 2. The molecule has 1 heterocycles. The van der Waals surface area contributed by atoms with Crippen LogP contribution in [0.4, 0.5) is 0 Å². The first-order valence-electron chi connectivity index (χ1n) is 13.5. The molecule has 0 spiro atoms. The van der Waals surface area contributed by atoms with E-state index < -0.39 is 36.3 Å². The molecule has 41 heavy (non-hydrogen) atoms. The maximum Gasteiger partial charge on any atom is 0.303 e. The average Bonchev–Trinajstić information content (AvgIpc) is 2.92. The highest BCUT2D eigenvalue weighted by atomic mass is 16.7. The number of hydrogen-bond acceptors (Lipinski definition) is 12. The summed E-state index contributed by atoms with van der Waals surface area (Å²) in [7, 11) is 1.66. The molecular weight excluding hydrogens is 540 g/mol. The first-order chi connectivity index (χ1) is 19.5. The third-order valence-electron chi connectivity index (χ3n) is 6.43. The summed E-state index contributed by atoms with van der Waals surface area (Å²) < 4.78 is 33.5. The molecule has 13 nitrogen and oxygen atoms in total. The molecule has 1 aliphatic heterocycles. The maximum atomic E-state index is 13.2. The van der Waals surface area contributed by atoms with E-state index in [9.17, 15) is 19.2 Å². The van der Waals surface area contributed by atoms with E-state index in [1.807, 2.05) is 13.8 Å². The van der Waals surface area contributed by atoms with Crippen LogP contribution in [0.3, 0.4) is 0 Å². The number of nitrogens with one attached hydrogen (secondary N) is 2. The Morgan fingerprint density at radius 3 is 2.22 bits per heavy atom.